The molecule has 8 heteroatoms. The zero-order chi connectivity index (χ0) is 21.7. The van der Waals surface area contributed by atoms with Crippen molar-refractivity contribution < 1.29 is 13.2 Å². The Kier molecular flexibility index (Phi) is 9.32. The fourth-order valence-corrected chi connectivity index (χ4v) is 4.28. The minimum Gasteiger partial charge on any atom is -0.370 e. The average Bonchev–Trinajstić information content (AvgIpc) is 2.71. The first-order valence-electron chi connectivity index (χ1n) is 10.3. The minimum absolute atomic E-state index is 0. The molecule has 2 aromatic carbocycles. The Balaban J connectivity index is 0.00000341. The Labute approximate surface area is 203 Å². The summed E-state index contributed by atoms with van der Waals surface area (Å²) in [6.45, 7) is 9.70. The molecule has 1 atom stereocenters. The number of aliphatic imine (C=N–C) groups is 1. The van der Waals surface area contributed by atoms with Crippen LogP contribution >= 0.6 is 24.0 Å². The van der Waals surface area contributed by atoms with Gasteiger partial charge in [0.25, 0.3) is 0 Å². The van der Waals surface area contributed by atoms with Crippen LogP contribution in [0.3, 0.4) is 0 Å². The zero-order valence-corrected chi connectivity index (χ0v) is 21.7. The van der Waals surface area contributed by atoms with Gasteiger partial charge in [-0.1, -0.05) is 35.9 Å². The third-order valence-electron chi connectivity index (χ3n) is 5.24. The summed E-state index contributed by atoms with van der Waals surface area (Å²) in [6, 6.07) is 13.4. The van der Waals surface area contributed by atoms with Crippen LogP contribution in [0.4, 0.5) is 0 Å². The summed E-state index contributed by atoms with van der Waals surface area (Å²) in [5.41, 5.74) is 4.69. The van der Waals surface area contributed by atoms with Gasteiger partial charge in [0, 0.05) is 19.3 Å². The number of hydrogen-bond donors (Lipinski definition) is 1. The van der Waals surface area contributed by atoms with Crippen LogP contribution in [0.25, 0.3) is 0 Å². The number of morpholine rings is 1. The molecular weight excluding hydrogens is 525 g/mol. The summed E-state index contributed by atoms with van der Waals surface area (Å²) in [6.07, 6.45) is 1.23. The second-order valence-electron chi connectivity index (χ2n) is 7.75. The molecule has 0 amide bonds. The van der Waals surface area contributed by atoms with Gasteiger partial charge in [-0.05, 0) is 49.6 Å². The van der Waals surface area contributed by atoms with Crippen LogP contribution in [0.5, 0.6) is 0 Å². The normalized spacial score (nSPS) is 17.2. The van der Waals surface area contributed by atoms with Crippen molar-refractivity contribution in [1.29, 1.82) is 0 Å². The zero-order valence-electron chi connectivity index (χ0n) is 18.6. The maximum absolute atomic E-state index is 11.6. The average molecular weight is 557 g/mol. The highest BCUT2D eigenvalue weighted by Gasteiger charge is 2.25. The van der Waals surface area contributed by atoms with Gasteiger partial charge in [-0.2, -0.15) is 0 Å². The third kappa shape index (κ3) is 6.92. The highest BCUT2D eigenvalue weighted by Crippen LogP contribution is 2.26. The molecule has 0 radical (unpaired) electrons. The van der Waals surface area contributed by atoms with E-state index < -0.39 is 9.84 Å². The Bertz CT molecular complexity index is 1010. The molecule has 1 saturated heterocycles. The number of halogens is 1. The van der Waals surface area contributed by atoms with Crippen molar-refractivity contribution in [2.75, 3.05) is 32.5 Å². The molecule has 2 aromatic rings. The maximum atomic E-state index is 11.6. The number of guanidine groups is 1. The maximum Gasteiger partial charge on any atom is 0.194 e. The first-order valence-corrected chi connectivity index (χ1v) is 12.2. The Morgan fingerprint density at radius 1 is 1.19 bits per heavy atom. The summed E-state index contributed by atoms with van der Waals surface area (Å²) in [4.78, 5) is 7.35. The molecule has 1 fully saturated rings. The molecule has 1 heterocycles. The van der Waals surface area contributed by atoms with Gasteiger partial charge < -0.3 is 15.0 Å². The first-order chi connectivity index (χ1) is 14.3. The van der Waals surface area contributed by atoms with E-state index in [9.17, 15) is 8.42 Å². The Morgan fingerprint density at radius 3 is 2.52 bits per heavy atom. The van der Waals surface area contributed by atoms with E-state index in [0.717, 1.165) is 31.2 Å². The van der Waals surface area contributed by atoms with Gasteiger partial charge in [-0.3, -0.25) is 0 Å². The van der Waals surface area contributed by atoms with Crippen LogP contribution in [-0.4, -0.2) is 51.8 Å². The molecule has 0 bridgehead atoms. The number of ether oxygens (including phenoxy) is 1. The number of nitrogens with zero attached hydrogens (tertiary/aromatic N) is 2. The van der Waals surface area contributed by atoms with E-state index in [-0.39, 0.29) is 30.1 Å². The number of sulfone groups is 1. The molecule has 0 spiro atoms. The summed E-state index contributed by atoms with van der Waals surface area (Å²) in [5.74, 6) is 0.850. The number of nitrogens with one attached hydrogen (secondary N) is 1. The lowest BCUT2D eigenvalue weighted by atomic mass is 10.00. The number of hydrogen-bond acceptors (Lipinski definition) is 4. The molecule has 3 rings (SSSR count). The Morgan fingerprint density at radius 2 is 1.90 bits per heavy atom. The molecular formula is C23H32IN3O3S. The number of rotatable bonds is 5. The molecule has 0 aromatic heterocycles. The molecule has 0 aliphatic carbocycles. The number of aryl methyl sites for hydroxylation is 2. The third-order valence-corrected chi connectivity index (χ3v) is 6.36. The first kappa shape index (κ1) is 25.6. The molecule has 1 aliphatic heterocycles. The van der Waals surface area contributed by atoms with Gasteiger partial charge in [0.05, 0.1) is 24.6 Å². The predicted octanol–water partition coefficient (Wildman–Crippen LogP) is 3.86. The standard InChI is InChI=1S/C23H31N3O3S.HI/c1-5-24-23(25-15-19-7-9-20(10-8-19)30(4,27)28)26-12-13-29-22(16-26)21-11-6-17(2)14-18(21)3;/h6-11,14,22H,5,12-13,15-16H2,1-4H3,(H,24,25);1H. The predicted molar refractivity (Wildman–Crippen MR) is 136 cm³/mol. The van der Waals surface area contributed by atoms with Crippen LogP contribution in [0.15, 0.2) is 52.4 Å². The van der Waals surface area contributed by atoms with Crippen molar-refractivity contribution >= 4 is 39.8 Å². The number of benzene rings is 2. The van der Waals surface area contributed by atoms with Crippen LogP contribution in [0, 0.1) is 13.8 Å². The van der Waals surface area contributed by atoms with Gasteiger partial charge in [0.2, 0.25) is 0 Å². The summed E-state index contributed by atoms with van der Waals surface area (Å²) < 4.78 is 29.3. The minimum atomic E-state index is -3.19. The molecule has 0 saturated carbocycles. The summed E-state index contributed by atoms with van der Waals surface area (Å²) in [7, 11) is -3.19. The SMILES string of the molecule is CCNC(=NCc1ccc(S(C)(=O)=O)cc1)N1CCOC(c2ccc(C)cc2C)C1.I. The largest absolute Gasteiger partial charge is 0.370 e. The van der Waals surface area contributed by atoms with E-state index in [1.54, 1.807) is 12.1 Å². The van der Waals surface area contributed by atoms with Crippen molar-refractivity contribution in [3.05, 3.63) is 64.7 Å². The van der Waals surface area contributed by atoms with Gasteiger partial charge in [0.1, 0.15) is 6.10 Å². The fraction of sp³-hybridized carbons (Fsp3) is 0.435. The van der Waals surface area contributed by atoms with Crippen molar-refractivity contribution in [2.24, 2.45) is 4.99 Å². The van der Waals surface area contributed by atoms with E-state index in [1.807, 2.05) is 12.1 Å². The van der Waals surface area contributed by atoms with Crippen molar-refractivity contribution in [2.45, 2.75) is 38.3 Å². The van der Waals surface area contributed by atoms with Crippen molar-refractivity contribution in [3.63, 3.8) is 0 Å². The lowest BCUT2D eigenvalue weighted by Crippen LogP contribution is -2.48. The molecule has 1 aliphatic rings. The second kappa shape index (κ2) is 11.3. The van der Waals surface area contributed by atoms with E-state index in [1.165, 1.54) is 22.9 Å². The molecule has 1 unspecified atom stereocenters. The van der Waals surface area contributed by atoms with E-state index >= 15 is 0 Å². The van der Waals surface area contributed by atoms with E-state index in [2.05, 4.69) is 49.2 Å². The summed E-state index contributed by atoms with van der Waals surface area (Å²) >= 11 is 0. The van der Waals surface area contributed by atoms with Crippen molar-refractivity contribution in [1.82, 2.24) is 10.2 Å². The Hall–Kier alpha value is -1.65. The van der Waals surface area contributed by atoms with Gasteiger partial charge in [-0.15, -0.1) is 24.0 Å². The van der Waals surface area contributed by atoms with Crippen LogP contribution < -0.4 is 5.32 Å². The topological polar surface area (TPSA) is 71.0 Å². The fourth-order valence-electron chi connectivity index (χ4n) is 3.65. The summed E-state index contributed by atoms with van der Waals surface area (Å²) in [5, 5.41) is 3.38. The monoisotopic (exact) mass is 557 g/mol. The molecule has 1 N–H and O–H groups in total. The van der Waals surface area contributed by atoms with Gasteiger partial charge in [0.15, 0.2) is 15.8 Å². The quantitative estimate of drug-likeness (QED) is 0.344. The van der Waals surface area contributed by atoms with E-state index in [4.69, 9.17) is 9.73 Å². The molecule has 31 heavy (non-hydrogen) atoms. The van der Waals surface area contributed by atoms with Crippen molar-refractivity contribution in [3.8, 4) is 0 Å². The highest BCUT2D eigenvalue weighted by molar-refractivity contribution is 14.0. The van der Waals surface area contributed by atoms with Crippen LogP contribution in [-0.2, 0) is 21.1 Å². The van der Waals surface area contributed by atoms with E-state index in [0.29, 0.717) is 18.0 Å². The van der Waals surface area contributed by atoms with Gasteiger partial charge in [-0.25, -0.2) is 13.4 Å². The van der Waals surface area contributed by atoms with Gasteiger partial charge >= 0.3 is 0 Å². The molecule has 6 nitrogen and oxygen atoms in total. The lowest BCUT2D eigenvalue weighted by Gasteiger charge is -2.36. The second-order valence-corrected chi connectivity index (χ2v) is 9.77. The smallest absolute Gasteiger partial charge is 0.194 e. The van der Waals surface area contributed by atoms with Crippen LogP contribution in [0.1, 0.15) is 35.3 Å². The molecule has 170 valence electrons. The van der Waals surface area contributed by atoms with Crippen LogP contribution in [0.2, 0.25) is 0 Å². The highest BCUT2D eigenvalue weighted by atomic mass is 127. The lowest BCUT2D eigenvalue weighted by molar-refractivity contribution is -0.00834.